The van der Waals surface area contributed by atoms with E-state index in [2.05, 4.69) is 22.8 Å². The lowest BCUT2D eigenvalue weighted by Gasteiger charge is -2.12. The van der Waals surface area contributed by atoms with E-state index in [0.29, 0.717) is 17.1 Å². The zero-order valence-electron chi connectivity index (χ0n) is 12.7. The van der Waals surface area contributed by atoms with Crippen LogP contribution < -0.4 is 10.6 Å². The number of carbonyl (C=O) groups excluding carboxylic acids is 1. The number of rotatable bonds is 7. The zero-order chi connectivity index (χ0) is 15.8. The normalized spacial score (nSPS) is 10.5. The summed E-state index contributed by atoms with van der Waals surface area (Å²) in [6.07, 6.45) is 1.61. The summed E-state index contributed by atoms with van der Waals surface area (Å²) in [5.74, 6) is -0.0687. The Bertz CT molecular complexity index is 614. The molecule has 2 aromatic rings. The molecule has 0 aliphatic carbocycles. The predicted octanol–water partition coefficient (Wildman–Crippen LogP) is 3.07. The Balaban J connectivity index is 2.10. The third-order valence-electron chi connectivity index (χ3n) is 3.53. The summed E-state index contributed by atoms with van der Waals surface area (Å²) in [5.41, 5.74) is 2.82. The van der Waals surface area contributed by atoms with Crippen LogP contribution in [0.1, 0.15) is 21.5 Å². The van der Waals surface area contributed by atoms with E-state index in [1.165, 1.54) is 5.56 Å². The van der Waals surface area contributed by atoms with Crippen LogP contribution in [0.4, 0.5) is 0 Å². The Labute approximate surface area is 136 Å². The van der Waals surface area contributed by atoms with Crippen LogP contribution in [-0.4, -0.2) is 26.0 Å². The summed E-state index contributed by atoms with van der Waals surface area (Å²) in [6.45, 7) is 1.34. The fourth-order valence-electron chi connectivity index (χ4n) is 2.34. The van der Waals surface area contributed by atoms with Crippen molar-refractivity contribution in [2.45, 2.75) is 12.8 Å². The first-order chi connectivity index (χ1) is 10.7. The smallest absolute Gasteiger partial charge is 0.251 e. The molecule has 0 radical (unpaired) electrons. The SMILES string of the molecule is CNCCNC(=O)c1cccc(Cl)c1CCc1ccccc1. The first-order valence-electron chi connectivity index (χ1n) is 7.46. The van der Waals surface area contributed by atoms with Crippen molar-refractivity contribution in [2.75, 3.05) is 20.1 Å². The number of amides is 1. The van der Waals surface area contributed by atoms with Crippen LogP contribution in [0, 0.1) is 0 Å². The van der Waals surface area contributed by atoms with Crippen molar-refractivity contribution in [3.63, 3.8) is 0 Å². The van der Waals surface area contributed by atoms with Gasteiger partial charge in [0.05, 0.1) is 0 Å². The number of halogens is 1. The molecule has 1 amide bonds. The molecule has 3 nitrogen and oxygen atoms in total. The van der Waals surface area contributed by atoms with E-state index in [4.69, 9.17) is 11.6 Å². The highest BCUT2D eigenvalue weighted by Gasteiger charge is 2.13. The Morgan fingerprint density at radius 3 is 2.50 bits per heavy atom. The zero-order valence-corrected chi connectivity index (χ0v) is 13.5. The van der Waals surface area contributed by atoms with Crippen LogP contribution in [0.2, 0.25) is 5.02 Å². The molecule has 0 saturated carbocycles. The molecule has 116 valence electrons. The minimum Gasteiger partial charge on any atom is -0.351 e. The number of benzene rings is 2. The Kier molecular flexibility index (Phi) is 6.44. The van der Waals surface area contributed by atoms with Gasteiger partial charge in [0.1, 0.15) is 0 Å². The highest BCUT2D eigenvalue weighted by atomic mass is 35.5. The Morgan fingerprint density at radius 1 is 1.00 bits per heavy atom. The van der Waals surface area contributed by atoms with Gasteiger partial charge >= 0.3 is 0 Å². The van der Waals surface area contributed by atoms with Gasteiger partial charge in [-0.25, -0.2) is 0 Å². The van der Waals surface area contributed by atoms with Crippen LogP contribution in [0.5, 0.6) is 0 Å². The molecular weight excluding hydrogens is 296 g/mol. The highest BCUT2D eigenvalue weighted by molar-refractivity contribution is 6.31. The summed E-state index contributed by atoms with van der Waals surface area (Å²) >= 11 is 6.31. The fourth-order valence-corrected chi connectivity index (χ4v) is 2.60. The number of aryl methyl sites for hydroxylation is 1. The third-order valence-corrected chi connectivity index (χ3v) is 3.88. The molecule has 0 unspecified atom stereocenters. The maximum absolute atomic E-state index is 12.3. The van der Waals surface area contributed by atoms with Crippen molar-refractivity contribution in [3.8, 4) is 0 Å². The molecule has 2 rings (SSSR count). The minimum absolute atomic E-state index is 0.0687. The number of hydrogen-bond acceptors (Lipinski definition) is 2. The molecule has 0 aliphatic rings. The molecule has 0 spiro atoms. The summed E-state index contributed by atoms with van der Waals surface area (Å²) < 4.78 is 0. The molecular formula is C18H21ClN2O. The number of hydrogen-bond donors (Lipinski definition) is 2. The molecule has 22 heavy (non-hydrogen) atoms. The molecule has 2 aromatic carbocycles. The number of nitrogens with one attached hydrogen (secondary N) is 2. The molecule has 4 heteroatoms. The van der Waals surface area contributed by atoms with E-state index in [1.54, 1.807) is 0 Å². The van der Waals surface area contributed by atoms with Gasteiger partial charge in [-0.05, 0) is 43.1 Å². The van der Waals surface area contributed by atoms with Crippen LogP contribution in [0.3, 0.4) is 0 Å². The maximum Gasteiger partial charge on any atom is 0.251 e. The van der Waals surface area contributed by atoms with Crippen molar-refractivity contribution in [2.24, 2.45) is 0 Å². The van der Waals surface area contributed by atoms with Crippen molar-refractivity contribution in [1.29, 1.82) is 0 Å². The molecule has 0 aliphatic heterocycles. The summed E-state index contributed by atoms with van der Waals surface area (Å²) in [6, 6.07) is 15.7. The average Bonchev–Trinajstić information content (AvgIpc) is 2.54. The average molecular weight is 317 g/mol. The second-order valence-corrected chi connectivity index (χ2v) is 5.52. The summed E-state index contributed by atoms with van der Waals surface area (Å²) in [4.78, 5) is 12.3. The van der Waals surface area contributed by atoms with Gasteiger partial charge in [0.25, 0.3) is 5.91 Å². The topological polar surface area (TPSA) is 41.1 Å². The molecule has 0 aromatic heterocycles. The molecule has 0 atom stereocenters. The standard InChI is InChI=1S/C18H21ClN2O/c1-20-12-13-21-18(22)16-8-5-9-17(19)15(16)11-10-14-6-3-2-4-7-14/h2-9,20H,10-13H2,1H3,(H,21,22). The van der Waals surface area contributed by atoms with Crippen LogP contribution >= 0.6 is 11.6 Å². The van der Waals surface area contributed by atoms with Gasteiger partial charge in [-0.15, -0.1) is 0 Å². The van der Waals surface area contributed by atoms with Gasteiger partial charge in [0.2, 0.25) is 0 Å². The lowest BCUT2D eigenvalue weighted by molar-refractivity contribution is 0.0953. The van der Waals surface area contributed by atoms with Crippen molar-refractivity contribution in [1.82, 2.24) is 10.6 Å². The fraction of sp³-hybridized carbons (Fsp3) is 0.278. The first-order valence-corrected chi connectivity index (χ1v) is 7.84. The third kappa shape index (κ3) is 4.58. The molecule has 0 bridgehead atoms. The lowest BCUT2D eigenvalue weighted by atomic mass is 9.99. The van der Waals surface area contributed by atoms with Gasteiger partial charge in [0, 0.05) is 23.7 Å². The Hall–Kier alpha value is -1.84. The van der Waals surface area contributed by atoms with E-state index >= 15 is 0 Å². The van der Waals surface area contributed by atoms with Crippen molar-refractivity contribution >= 4 is 17.5 Å². The van der Waals surface area contributed by atoms with Crippen molar-refractivity contribution < 1.29 is 4.79 Å². The maximum atomic E-state index is 12.3. The predicted molar refractivity (Wildman–Crippen MR) is 91.6 cm³/mol. The molecule has 2 N–H and O–H groups in total. The second-order valence-electron chi connectivity index (χ2n) is 5.11. The van der Waals surface area contributed by atoms with E-state index < -0.39 is 0 Å². The van der Waals surface area contributed by atoms with Gasteiger partial charge in [-0.2, -0.15) is 0 Å². The van der Waals surface area contributed by atoms with Crippen LogP contribution in [0.15, 0.2) is 48.5 Å². The van der Waals surface area contributed by atoms with E-state index in [9.17, 15) is 4.79 Å². The second kappa shape index (κ2) is 8.57. The van der Waals surface area contributed by atoms with E-state index in [1.807, 2.05) is 43.4 Å². The number of carbonyl (C=O) groups is 1. The number of likely N-dealkylation sites (N-methyl/N-ethyl adjacent to an activating group) is 1. The quantitative estimate of drug-likeness (QED) is 0.771. The highest BCUT2D eigenvalue weighted by Crippen LogP contribution is 2.22. The van der Waals surface area contributed by atoms with E-state index in [0.717, 1.165) is 24.9 Å². The van der Waals surface area contributed by atoms with E-state index in [-0.39, 0.29) is 5.91 Å². The molecule has 0 heterocycles. The largest absolute Gasteiger partial charge is 0.351 e. The monoisotopic (exact) mass is 316 g/mol. The van der Waals surface area contributed by atoms with Gasteiger partial charge in [-0.1, -0.05) is 48.0 Å². The lowest BCUT2D eigenvalue weighted by Crippen LogP contribution is -2.31. The molecule has 0 saturated heterocycles. The van der Waals surface area contributed by atoms with Gasteiger partial charge in [-0.3, -0.25) is 4.79 Å². The van der Waals surface area contributed by atoms with Gasteiger partial charge in [0.15, 0.2) is 0 Å². The van der Waals surface area contributed by atoms with Gasteiger partial charge < -0.3 is 10.6 Å². The minimum atomic E-state index is -0.0687. The Morgan fingerprint density at radius 2 is 1.77 bits per heavy atom. The molecule has 0 fully saturated rings. The summed E-state index contributed by atoms with van der Waals surface area (Å²) in [7, 11) is 1.86. The first kappa shape index (κ1) is 16.5. The summed E-state index contributed by atoms with van der Waals surface area (Å²) in [5, 5.41) is 6.56. The van der Waals surface area contributed by atoms with Crippen LogP contribution in [0.25, 0.3) is 0 Å². The van der Waals surface area contributed by atoms with Crippen LogP contribution in [-0.2, 0) is 12.8 Å². The van der Waals surface area contributed by atoms with Crippen molar-refractivity contribution in [3.05, 3.63) is 70.2 Å².